The zero-order valence-electron chi connectivity index (χ0n) is 8.15. The molecule has 0 unspecified atom stereocenters. The molecule has 0 saturated heterocycles. The van der Waals surface area contributed by atoms with Crippen molar-refractivity contribution in [3.05, 3.63) is 0 Å². The first-order chi connectivity index (χ1) is 7.79. The fraction of sp³-hybridized carbons (Fsp3) is 1.00. The van der Waals surface area contributed by atoms with Gasteiger partial charge in [0.1, 0.15) is 13.2 Å². The summed E-state index contributed by atoms with van der Waals surface area (Å²) in [6, 6.07) is 0. The van der Waals surface area contributed by atoms with Crippen molar-refractivity contribution < 1.29 is 54.8 Å². The highest BCUT2D eigenvalue weighted by molar-refractivity contribution is 4.71. The van der Waals surface area contributed by atoms with Crippen molar-refractivity contribution in [1.29, 1.82) is 0 Å². The first kappa shape index (κ1) is 17.3. The van der Waals surface area contributed by atoms with Crippen LogP contribution in [0.5, 0.6) is 0 Å². The fourth-order valence-corrected chi connectivity index (χ4v) is 0.558. The monoisotopic (exact) mass is 294 g/mol. The Balaban J connectivity index is 4.97. The van der Waals surface area contributed by atoms with Gasteiger partial charge in [0.2, 0.25) is 0 Å². The van der Waals surface area contributed by atoms with Gasteiger partial charge in [0.05, 0.1) is 0 Å². The molecule has 0 aliphatic rings. The van der Waals surface area contributed by atoms with Gasteiger partial charge in [0, 0.05) is 0 Å². The van der Waals surface area contributed by atoms with E-state index in [1.807, 2.05) is 0 Å². The summed E-state index contributed by atoms with van der Waals surface area (Å²) in [5.41, 5.74) is 0. The standard InChI is InChI=1S/C6H6F8O4/c7-3(8,1-15)17-5(11,12)6(13,14)18-4(9,10)2-16/h15-16H,1-2H2. The molecule has 110 valence electrons. The third kappa shape index (κ3) is 4.51. The Hall–Kier alpha value is -0.720. The molecule has 4 nitrogen and oxygen atoms in total. The minimum absolute atomic E-state index is 2.22. The van der Waals surface area contributed by atoms with Crippen LogP contribution in [0.1, 0.15) is 0 Å². The predicted octanol–water partition coefficient (Wildman–Crippen LogP) is 1.38. The minimum atomic E-state index is -6.17. The van der Waals surface area contributed by atoms with Crippen LogP contribution >= 0.6 is 0 Å². The first-order valence-corrected chi connectivity index (χ1v) is 3.92. The largest absolute Gasteiger partial charge is 0.453 e. The Bertz CT molecular complexity index is 253. The van der Waals surface area contributed by atoms with E-state index in [0.29, 0.717) is 0 Å². The van der Waals surface area contributed by atoms with E-state index in [4.69, 9.17) is 10.2 Å². The lowest BCUT2D eigenvalue weighted by atomic mass is 10.5. The van der Waals surface area contributed by atoms with Gasteiger partial charge in [-0.3, -0.25) is 0 Å². The molecule has 0 aromatic rings. The molecular formula is C6H6F8O4. The quantitative estimate of drug-likeness (QED) is 0.696. The van der Waals surface area contributed by atoms with Crippen LogP contribution in [0.4, 0.5) is 35.1 Å². The molecule has 18 heavy (non-hydrogen) atoms. The molecule has 0 aromatic carbocycles. The number of rotatable bonds is 7. The fourth-order valence-electron chi connectivity index (χ4n) is 0.558. The van der Waals surface area contributed by atoms with E-state index >= 15 is 0 Å². The van der Waals surface area contributed by atoms with Gasteiger partial charge >= 0.3 is 24.4 Å². The van der Waals surface area contributed by atoms with Gasteiger partial charge in [-0.05, 0) is 0 Å². The van der Waals surface area contributed by atoms with E-state index in [1.165, 1.54) is 0 Å². The van der Waals surface area contributed by atoms with E-state index in [9.17, 15) is 35.1 Å². The van der Waals surface area contributed by atoms with Gasteiger partial charge in [-0.15, -0.1) is 0 Å². The first-order valence-electron chi connectivity index (χ1n) is 3.92. The van der Waals surface area contributed by atoms with Crippen LogP contribution in [0.3, 0.4) is 0 Å². The molecule has 0 atom stereocenters. The van der Waals surface area contributed by atoms with Crippen LogP contribution in [-0.4, -0.2) is 47.9 Å². The third-order valence-corrected chi connectivity index (χ3v) is 1.26. The number of hydrogen-bond donors (Lipinski definition) is 2. The molecule has 0 spiro atoms. The molecule has 0 aromatic heterocycles. The highest BCUT2D eigenvalue weighted by Crippen LogP contribution is 2.42. The van der Waals surface area contributed by atoms with Crippen molar-refractivity contribution in [1.82, 2.24) is 0 Å². The van der Waals surface area contributed by atoms with Crippen LogP contribution in [0.15, 0.2) is 0 Å². The van der Waals surface area contributed by atoms with Gasteiger partial charge in [0.15, 0.2) is 0 Å². The maximum Gasteiger partial charge on any atom is 0.453 e. The van der Waals surface area contributed by atoms with Gasteiger partial charge in [-0.1, -0.05) is 0 Å². The van der Waals surface area contributed by atoms with E-state index in [0.717, 1.165) is 0 Å². The molecule has 0 amide bonds. The van der Waals surface area contributed by atoms with E-state index < -0.39 is 37.6 Å². The molecule has 2 N–H and O–H groups in total. The van der Waals surface area contributed by atoms with E-state index in [-0.39, 0.29) is 0 Å². The second-order valence-corrected chi connectivity index (χ2v) is 2.83. The molecule has 0 fully saturated rings. The molecule has 0 aliphatic heterocycles. The lowest BCUT2D eigenvalue weighted by Gasteiger charge is -2.30. The second kappa shape index (κ2) is 5.11. The number of alkyl halides is 8. The molecular weight excluding hydrogens is 288 g/mol. The highest BCUT2D eigenvalue weighted by Gasteiger charge is 2.67. The Morgan fingerprint density at radius 1 is 0.611 bits per heavy atom. The zero-order chi connectivity index (χ0) is 14.8. The van der Waals surface area contributed by atoms with Gasteiger partial charge in [0.25, 0.3) is 0 Å². The SMILES string of the molecule is OCC(F)(F)OC(F)(F)C(F)(F)OC(F)(F)CO. The molecule has 0 bridgehead atoms. The minimum Gasteiger partial charge on any atom is -0.387 e. The number of aliphatic hydroxyl groups excluding tert-OH is 2. The van der Waals surface area contributed by atoms with Crippen molar-refractivity contribution in [2.75, 3.05) is 13.2 Å². The normalized spacial score (nSPS) is 15.0. The summed E-state index contributed by atoms with van der Waals surface area (Å²) in [4.78, 5) is 0. The Morgan fingerprint density at radius 3 is 1.00 bits per heavy atom. The summed E-state index contributed by atoms with van der Waals surface area (Å²) in [5, 5.41) is 15.6. The zero-order valence-corrected chi connectivity index (χ0v) is 8.15. The summed E-state index contributed by atoms with van der Waals surface area (Å²) in [7, 11) is 0. The smallest absolute Gasteiger partial charge is 0.387 e. The Morgan fingerprint density at radius 2 is 0.833 bits per heavy atom. The summed E-state index contributed by atoms with van der Waals surface area (Å²) in [6.45, 7) is -4.79. The molecule has 0 rings (SSSR count). The van der Waals surface area contributed by atoms with E-state index in [2.05, 4.69) is 9.47 Å². The maximum absolute atomic E-state index is 12.4. The highest BCUT2D eigenvalue weighted by atomic mass is 19.3. The lowest BCUT2D eigenvalue weighted by Crippen LogP contribution is -2.52. The third-order valence-electron chi connectivity index (χ3n) is 1.26. The molecule has 0 saturated carbocycles. The summed E-state index contributed by atoms with van der Waals surface area (Å²) in [6.07, 6.45) is -22.6. The molecule has 0 heterocycles. The maximum atomic E-state index is 12.4. The van der Waals surface area contributed by atoms with Crippen LogP contribution in [-0.2, 0) is 9.47 Å². The second-order valence-electron chi connectivity index (χ2n) is 2.83. The molecule has 0 radical (unpaired) electrons. The number of hydrogen-bond acceptors (Lipinski definition) is 4. The van der Waals surface area contributed by atoms with Crippen LogP contribution in [0.25, 0.3) is 0 Å². The Labute approximate surface area is 93.7 Å². The number of ether oxygens (including phenoxy) is 2. The lowest BCUT2D eigenvalue weighted by molar-refractivity contribution is -0.515. The van der Waals surface area contributed by atoms with Crippen LogP contribution < -0.4 is 0 Å². The van der Waals surface area contributed by atoms with Crippen LogP contribution in [0.2, 0.25) is 0 Å². The van der Waals surface area contributed by atoms with E-state index in [1.54, 1.807) is 0 Å². The number of aliphatic hydroxyl groups is 2. The average molecular weight is 294 g/mol. The summed E-state index contributed by atoms with van der Waals surface area (Å²) < 4.78 is 103. The van der Waals surface area contributed by atoms with Crippen molar-refractivity contribution >= 4 is 0 Å². The number of halogens is 8. The van der Waals surface area contributed by atoms with Crippen LogP contribution in [0, 0.1) is 0 Å². The average Bonchev–Trinajstić information content (AvgIpc) is 2.14. The topological polar surface area (TPSA) is 58.9 Å². The van der Waals surface area contributed by atoms with Crippen molar-refractivity contribution in [2.24, 2.45) is 0 Å². The molecule has 0 aliphatic carbocycles. The summed E-state index contributed by atoms with van der Waals surface area (Å²) >= 11 is 0. The predicted molar refractivity (Wildman–Crippen MR) is 36.1 cm³/mol. The summed E-state index contributed by atoms with van der Waals surface area (Å²) in [5.74, 6) is 0. The van der Waals surface area contributed by atoms with Crippen molar-refractivity contribution in [3.63, 3.8) is 0 Å². The van der Waals surface area contributed by atoms with Crippen molar-refractivity contribution in [3.8, 4) is 0 Å². The molecule has 12 heteroatoms. The Kier molecular flexibility index (Phi) is 4.90. The van der Waals surface area contributed by atoms with Gasteiger partial charge in [-0.2, -0.15) is 35.1 Å². The van der Waals surface area contributed by atoms with Crippen molar-refractivity contribution in [2.45, 2.75) is 24.4 Å². The van der Waals surface area contributed by atoms with Gasteiger partial charge < -0.3 is 10.2 Å². The van der Waals surface area contributed by atoms with Gasteiger partial charge in [-0.25, -0.2) is 9.47 Å².